The monoisotopic (exact) mass is 473 g/mol. The Bertz CT molecular complexity index is 1060. The quantitative estimate of drug-likeness (QED) is 0.632. The van der Waals surface area contributed by atoms with Crippen molar-refractivity contribution in [2.24, 2.45) is 0 Å². The highest BCUT2D eigenvalue weighted by Crippen LogP contribution is 2.29. The highest BCUT2D eigenvalue weighted by Gasteiger charge is 2.31. The molecule has 8 nitrogen and oxygen atoms in total. The first-order valence-electron chi connectivity index (χ1n) is 11.3. The van der Waals surface area contributed by atoms with E-state index >= 15 is 0 Å². The lowest BCUT2D eigenvalue weighted by atomic mass is 10.1. The van der Waals surface area contributed by atoms with Crippen LogP contribution in [0.25, 0.3) is 0 Å². The predicted octanol–water partition coefficient (Wildman–Crippen LogP) is 2.11. The van der Waals surface area contributed by atoms with Crippen molar-refractivity contribution in [2.75, 3.05) is 46.4 Å². The molecule has 2 saturated heterocycles. The number of ether oxygens (including phenoxy) is 2. The van der Waals surface area contributed by atoms with Crippen LogP contribution in [0.15, 0.2) is 53.4 Å². The van der Waals surface area contributed by atoms with E-state index in [1.807, 2.05) is 18.2 Å². The number of rotatable bonds is 8. The van der Waals surface area contributed by atoms with Gasteiger partial charge in [-0.2, -0.15) is 4.31 Å². The summed E-state index contributed by atoms with van der Waals surface area (Å²) in [6, 6.07) is 14.8. The van der Waals surface area contributed by atoms with Gasteiger partial charge >= 0.3 is 0 Å². The average Bonchev–Trinajstić information content (AvgIpc) is 3.39. The molecule has 9 heteroatoms. The molecular weight excluding hydrogens is 442 g/mol. The van der Waals surface area contributed by atoms with E-state index in [9.17, 15) is 13.2 Å². The van der Waals surface area contributed by atoms with Crippen LogP contribution in [0.5, 0.6) is 5.75 Å². The van der Waals surface area contributed by atoms with Gasteiger partial charge in [0.15, 0.2) is 0 Å². The van der Waals surface area contributed by atoms with Crippen molar-refractivity contribution in [3.63, 3.8) is 0 Å². The lowest BCUT2D eigenvalue weighted by Crippen LogP contribution is -2.47. The fourth-order valence-electron chi connectivity index (χ4n) is 4.28. The van der Waals surface area contributed by atoms with E-state index in [1.54, 1.807) is 6.07 Å². The van der Waals surface area contributed by atoms with E-state index in [2.05, 4.69) is 22.3 Å². The number of morpholine rings is 1. The van der Waals surface area contributed by atoms with Gasteiger partial charge in [0.1, 0.15) is 10.6 Å². The molecule has 1 amide bonds. The molecule has 2 heterocycles. The second-order valence-electron chi connectivity index (χ2n) is 8.40. The van der Waals surface area contributed by atoms with E-state index in [0.717, 1.165) is 25.9 Å². The minimum absolute atomic E-state index is 0.0301. The van der Waals surface area contributed by atoms with Crippen molar-refractivity contribution < 1.29 is 22.7 Å². The van der Waals surface area contributed by atoms with Gasteiger partial charge in [0.05, 0.1) is 19.8 Å². The van der Waals surface area contributed by atoms with Gasteiger partial charge in [-0.15, -0.1) is 0 Å². The first-order valence-corrected chi connectivity index (χ1v) is 12.8. The van der Waals surface area contributed by atoms with Crippen LogP contribution in [0, 0.1) is 0 Å². The van der Waals surface area contributed by atoms with Crippen molar-refractivity contribution in [2.45, 2.75) is 30.4 Å². The molecule has 2 fully saturated rings. The molecule has 2 aromatic carbocycles. The van der Waals surface area contributed by atoms with Crippen molar-refractivity contribution in [1.29, 1.82) is 0 Å². The zero-order valence-electron chi connectivity index (χ0n) is 18.9. The van der Waals surface area contributed by atoms with E-state index in [4.69, 9.17) is 9.47 Å². The van der Waals surface area contributed by atoms with Crippen LogP contribution in [0.1, 0.15) is 28.8 Å². The smallest absolute Gasteiger partial charge is 0.251 e. The van der Waals surface area contributed by atoms with Gasteiger partial charge in [-0.05, 0) is 36.6 Å². The molecule has 0 aromatic heterocycles. The third-order valence-corrected chi connectivity index (χ3v) is 7.99. The summed E-state index contributed by atoms with van der Waals surface area (Å²) in [6.45, 7) is 4.33. The number of methoxy groups -OCH3 is 1. The van der Waals surface area contributed by atoms with Crippen molar-refractivity contribution in [3.05, 3.63) is 59.7 Å². The number of nitrogens with zero attached hydrogens (tertiary/aromatic N) is 2. The molecule has 0 spiro atoms. The van der Waals surface area contributed by atoms with Gasteiger partial charge in [-0.25, -0.2) is 8.42 Å². The van der Waals surface area contributed by atoms with Gasteiger partial charge in [0.2, 0.25) is 10.0 Å². The van der Waals surface area contributed by atoms with E-state index in [-0.39, 0.29) is 28.2 Å². The molecular formula is C24H31N3O5S. The number of sulfonamides is 1. The normalized spacial score (nSPS) is 20.0. The second kappa shape index (κ2) is 10.6. The highest BCUT2D eigenvalue weighted by molar-refractivity contribution is 7.89. The first kappa shape index (κ1) is 23.7. The summed E-state index contributed by atoms with van der Waals surface area (Å²) >= 11 is 0. The predicted molar refractivity (Wildman–Crippen MR) is 125 cm³/mol. The summed E-state index contributed by atoms with van der Waals surface area (Å²) in [5.74, 6) is -0.0927. The SMILES string of the molecule is COc1ccc(C(=O)NCC2CN(Cc3ccccc3)CCO2)cc1S(=O)(=O)N1CCCC1. The fourth-order valence-corrected chi connectivity index (χ4v) is 5.98. The lowest BCUT2D eigenvalue weighted by molar-refractivity contribution is -0.0292. The van der Waals surface area contributed by atoms with E-state index < -0.39 is 10.0 Å². The summed E-state index contributed by atoms with van der Waals surface area (Å²) in [5.41, 5.74) is 1.53. The Kier molecular flexibility index (Phi) is 7.64. The van der Waals surface area contributed by atoms with Crippen LogP contribution in [-0.4, -0.2) is 76.1 Å². The Morgan fingerprint density at radius 3 is 2.61 bits per heavy atom. The number of carbonyl (C=O) groups excluding carboxylic acids is 1. The largest absolute Gasteiger partial charge is 0.495 e. The third-order valence-electron chi connectivity index (χ3n) is 6.07. The van der Waals surface area contributed by atoms with Crippen LogP contribution >= 0.6 is 0 Å². The molecule has 2 aliphatic heterocycles. The van der Waals surface area contributed by atoms with Gasteiger partial charge in [0, 0.05) is 44.8 Å². The Morgan fingerprint density at radius 1 is 1.12 bits per heavy atom. The fraction of sp³-hybridized carbons (Fsp3) is 0.458. The molecule has 0 radical (unpaired) electrons. The van der Waals surface area contributed by atoms with Crippen molar-refractivity contribution >= 4 is 15.9 Å². The van der Waals surface area contributed by atoms with Gasteiger partial charge in [0.25, 0.3) is 5.91 Å². The maximum Gasteiger partial charge on any atom is 0.251 e. The zero-order valence-corrected chi connectivity index (χ0v) is 19.7. The van der Waals surface area contributed by atoms with Crippen LogP contribution in [0.3, 0.4) is 0 Å². The van der Waals surface area contributed by atoms with E-state index in [1.165, 1.54) is 29.1 Å². The first-order chi connectivity index (χ1) is 16.0. The number of hydrogen-bond acceptors (Lipinski definition) is 6. The number of nitrogens with one attached hydrogen (secondary N) is 1. The minimum atomic E-state index is -3.71. The van der Waals surface area contributed by atoms with Gasteiger partial charge < -0.3 is 14.8 Å². The Balaban J connectivity index is 1.39. The minimum Gasteiger partial charge on any atom is -0.495 e. The maximum atomic E-state index is 13.1. The molecule has 178 valence electrons. The summed E-state index contributed by atoms with van der Waals surface area (Å²) in [5, 5.41) is 2.90. The van der Waals surface area contributed by atoms with Crippen LogP contribution < -0.4 is 10.1 Å². The lowest BCUT2D eigenvalue weighted by Gasteiger charge is -2.33. The van der Waals surface area contributed by atoms with Crippen molar-refractivity contribution in [1.82, 2.24) is 14.5 Å². The average molecular weight is 474 g/mol. The Morgan fingerprint density at radius 2 is 1.88 bits per heavy atom. The standard InChI is InChI=1S/C24H31N3O5S/c1-31-22-10-9-20(15-23(22)33(29,30)27-11-5-6-12-27)24(28)25-16-21-18-26(13-14-32-21)17-19-7-3-2-4-8-19/h2-4,7-10,15,21H,5-6,11-14,16-18H2,1H3,(H,25,28). The van der Waals surface area contributed by atoms with Gasteiger partial charge in [-0.1, -0.05) is 30.3 Å². The molecule has 1 unspecified atom stereocenters. The highest BCUT2D eigenvalue weighted by atomic mass is 32.2. The molecule has 0 aliphatic carbocycles. The topological polar surface area (TPSA) is 88.2 Å². The van der Waals surface area contributed by atoms with Crippen LogP contribution in [0.4, 0.5) is 0 Å². The zero-order chi connectivity index (χ0) is 23.3. The maximum absolute atomic E-state index is 13.1. The third kappa shape index (κ3) is 5.73. The van der Waals surface area contributed by atoms with Gasteiger partial charge in [-0.3, -0.25) is 9.69 Å². The summed E-state index contributed by atoms with van der Waals surface area (Å²) in [4.78, 5) is 15.2. The summed E-state index contributed by atoms with van der Waals surface area (Å²) in [6.07, 6.45) is 1.55. The summed E-state index contributed by atoms with van der Waals surface area (Å²) < 4.78 is 38.7. The summed E-state index contributed by atoms with van der Waals surface area (Å²) in [7, 11) is -2.28. The van der Waals surface area contributed by atoms with Crippen molar-refractivity contribution in [3.8, 4) is 5.75 Å². The van der Waals surface area contributed by atoms with E-state index in [0.29, 0.717) is 32.8 Å². The molecule has 2 aliphatic rings. The molecule has 4 rings (SSSR count). The Labute approximate surface area is 195 Å². The second-order valence-corrected chi connectivity index (χ2v) is 10.3. The number of benzene rings is 2. The van der Waals surface area contributed by atoms with Crippen LogP contribution in [-0.2, 0) is 21.3 Å². The number of amides is 1. The number of hydrogen-bond donors (Lipinski definition) is 1. The number of carbonyl (C=O) groups is 1. The molecule has 1 atom stereocenters. The molecule has 0 bridgehead atoms. The molecule has 0 saturated carbocycles. The molecule has 2 aromatic rings. The van der Waals surface area contributed by atoms with Crippen LogP contribution in [0.2, 0.25) is 0 Å². The molecule has 1 N–H and O–H groups in total. The molecule has 33 heavy (non-hydrogen) atoms. The Hall–Kier alpha value is -2.46.